The van der Waals surface area contributed by atoms with E-state index in [4.69, 9.17) is 14.3 Å². The summed E-state index contributed by atoms with van der Waals surface area (Å²) in [6.45, 7) is 12.9. The molecule has 3 aliphatic rings. The molecule has 2 heterocycles. The van der Waals surface area contributed by atoms with E-state index in [1.165, 1.54) is 11.0 Å². The Morgan fingerprint density at radius 1 is 1.24 bits per heavy atom. The lowest BCUT2D eigenvalue weighted by Crippen LogP contribution is -2.43. The molecule has 1 aromatic carbocycles. The van der Waals surface area contributed by atoms with Crippen LogP contribution in [0.15, 0.2) is 18.2 Å². The van der Waals surface area contributed by atoms with Crippen molar-refractivity contribution in [2.24, 2.45) is 11.8 Å². The van der Waals surface area contributed by atoms with Crippen LogP contribution in [0.25, 0.3) is 0 Å². The third kappa shape index (κ3) is 3.66. The molecule has 1 aromatic rings. The van der Waals surface area contributed by atoms with E-state index in [0.717, 1.165) is 13.1 Å². The third-order valence-corrected chi connectivity index (χ3v) is 11.5. The van der Waals surface area contributed by atoms with E-state index >= 15 is 0 Å². The van der Waals surface area contributed by atoms with Gasteiger partial charge in [0, 0.05) is 24.9 Å². The number of nitrogens with zero attached hydrogens (tertiary/aromatic N) is 2. The highest BCUT2D eigenvalue weighted by Crippen LogP contribution is 2.52. The molecule has 0 radical (unpaired) electrons. The smallest absolute Gasteiger partial charge is 0.414 e. The van der Waals surface area contributed by atoms with Gasteiger partial charge in [0.15, 0.2) is 8.32 Å². The van der Waals surface area contributed by atoms with Crippen LogP contribution in [-0.4, -0.2) is 58.0 Å². The van der Waals surface area contributed by atoms with Gasteiger partial charge in [0.1, 0.15) is 11.9 Å². The number of aliphatic hydroxyl groups is 1. The molecule has 1 saturated carbocycles. The van der Waals surface area contributed by atoms with Crippen molar-refractivity contribution in [3.05, 3.63) is 24.0 Å². The van der Waals surface area contributed by atoms with Gasteiger partial charge in [0.25, 0.3) is 0 Å². The Bertz CT molecular complexity index is 800. The Kier molecular flexibility index (Phi) is 4.95. The first-order valence-corrected chi connectivity index (χ1v) is 13.2. The number of hydrogen-bond acceptors (Lipinski definition) is 5. The van der Waals surface area contributed by atoms with E-state index in [0.29, 0.717) is 29.3 Å². The van der Waals surface area contributed by atoms with E-state index in [1.54, 1.807) is 12.1 Å². The van der Waals surface area contributed by atoms with Crippen molar-refractivity contribution in [1.29, 1.82) is 0 Å². The Hall–Kier alpha value is -1.64. The minimum Gasteiger partial charge on any atom is -0.441 e. The van der Waals surface area contributed by atoms with Gasteiger partial charge < -0.3 is 19.2 Å². The molecular formula is C21H31FN2O4Si. The van der Waals surface area contributed by atoms with Crippen LogP contribution < -0.4 is 9.80 Å². The first-order chi connectivity index (χ1) is 13.5. The first-order valence-electron chi connectivity index (χ1n) is 10.3. The fourth-order valence-corrected chi connectivity index (χ4v) is 5.49. The maximum atomic E-state index is 14.8. The second-order valence-corrected chi connectivity index (χ2v) is 14.8. The van der Waals surface area contributed by atoms with Gasteiger partial charge in [-0.3, -0.25) is 4.90 Å². The lowest BCUT2D eigenvalue weighted by atomic mass is 10.2. The average molecular weight is 423 g/mol. The predicted octanol–water partition coefficient (Wildman–Crippen LogP) is 3.60. The summed E-state index contributed by atoms with van der Waals surface area (Å²) in [5.74, 6) is 0.607. The third-order valence-electron chi connectivity index (χ3n) is 7.01. The van der Waals surface area contributed by atoms with Gasteiger partial charge >= 0.3 is 6.09 Å². The van der Waals surface area contributed by atoms with Crippen LogP contribution >= 0.6 is 0 Å². The van der Waals surface area contributed by atoms with Gasteiger partial charge in [-0.05, 0) is 36.3 Å². The van der Waals surface area contributed by atoms with Crippen LogP contribution in [0.5, 0.6) is 0 Å². The van der Waals surface area contributed by atoms with Crippen LogP contribution in [0.2, 0.25) is 18.1 Å². The van der Waals surface area contributed by atoms with Crippen molar-refractivity contribution in [1.82, 2.24) is 0 Å². The zero-order valence-electron chi connectivity index (χ0n) is 17.8. The quantitative estimate of drug-likeness (QED) is 0.735. The van der Waals surface area contributed by atoms with Gasteiger partial charge in [0.2, 0.25) is 0 Å². The minimum atomic E-state index is -1.78. The molecule has 0 aromatic heterocycles. The number of carbonyl (C=O) groups is 1. The standard InChI is InChI=1S/C21H31FN2O4Si/c1-21(2,3)29(4,5)28-19-15-10-23(11-16(15)19)18-7-6-13(8-17(18)22)24-9-14(12-25)27-20(24)26/h6-8,14-16,19,25H,9-12H2,1-5H3/t14-,15-,16+,19+/m1/s1. The van der Waals surface area contributed by atoms with Crippen molar-refractivity contribution < 1.29 is 23.5 Å². The number of anilines is 2. The number of piperidine rings is 1. The fourth-order valence-electron chi connectivity index (χ4n) is 4.11. The molecule has 0 unspecified atom stereocenters. The number of ether oxygens (including phenoxy) is 1. The minimum absolute atomic E-state index is 0.192. The molecule has 160 valence electrons. The van der Waals surface area contributed by atoms with E-state index in [9.17, 15) is 9.18 Å². The molecule has 4 atom stereocenters. The molecule has 4 rings (SSSR count). The molecule has 1 N–H and O–H groups in total. The summed E-state index contributed by atoms with van der Waals surface area (Å²) >= 11 is 0. The molecule has 3 fully saturated rings. The van der Waals surface area contributed by atoms with Crippen LogP contribution in [0.4, 0.5) is 20.6 Å². The number of benzene rings is 1. The summed E-state index contributed by atoms with van der Waals surface area (Å²) in [5.41, 5.74) is 1.02. The Morgan fingerprint density at radius 3 is 2.41 bits per heavy atom. The van der Waals surface area contributed by atoms with Crippen molar-refractivity contribution >= 4 is 25.8 Å². The topological polar surface area (TPSA) is 62.2 Å². The highest BCUT2D eigenvalue weighted by Gasteiger charge is 2.59. The molecule has 2 aliphatic heterocycles. The molecule has 29 heavy (non-hydrogen) atoms. The lowest BCUT2D eigenvalue weighted by Gasteiger charge is -2.37. The van der Waals surface area contributed by atoms with Crippen molar-refractivity contribution in [3.8, 4) is 0 Å². The van der Waals surface area contributed by atoms with Crippen LogP contribution in [-0.2, 0) is 9.16 Å². The van der Waals surface area contributed by atoms with Crippen LogP contribution in [0, 0.1) is 17.7 Å². The number of halogens is 1. The Balaban J connectivity index is 1.39. The van der Waals surface area contributed by atoms with Gasteiger partial charge in [-0.15, -0.1) is 0 Å². The maximum Gasteiger partial charge on any atom is 0.414 e. The second kappa shape index (κ2) is 6.96. The maximum absolute atomic E-state index is 14.8. The number of aliphatic hydroxyl groups excluding tert-OH is 1. The summed E-state index contributed by atoms with van der Waals surface area (Å²) in [5, 5.41) is 9.36. The summed E-state index contributed by atoms with van der Waals surface area (Å²) in [6.07, 6.45) is -0.803. The zero-order chi connectivity index (χ0) is 21.1. The van der Waals surface area contributed by atoms with E-state index < -0.39 is 20.5 Å². The van der Waals surface area contributed by atoms with Crippen molar-refractivity contribution in [2.75, 3.05) is 36.0 Å². The number of cyclic esters (lactones) is 1. The van der Waals surface area contributed by atoms with E-state index in [1.807, 2.05) is 0 Å². The Morgan fingerprint density at radius 2 is 1.90 bits per heavy atom. The van der Waals surface area contributed by atoms with E-state index in [2.05, 4.69) is 38.8 Å². The first kappa shape index (κ1) is 20.6. The summed E-state index contributed by atoms with van der Waals surface area (Å²) < 4.78 is 26.4. The molecule has 2 saturated heterocycles. The number of hydrogen-bond donors (Lipinski definition) is 1. The average Bonchev–Trinajstić information content (AvgIpc) is 2.99. The van der Waals surface area contributed by atoms with Crippen LogP contribution in [0.3, 0.4) is 0 Å². The lowest BCUT2D eigenvalue weighted by molar-refractivity contribution is 0.0963. The number of amides is 1. The molecule has 6 nitrogen and oxygen atoms in total. The van der Waals surface area contributed by atoms with Crippen molar-refractivity contribution in [3.63, 3.8) is 0 Å². The largest absolute Gasteiger partial charge is 0.441 e. The monoisotopic (exact) mass is 422 g/mol. The van der Waals surface area contributed by atoms with Crippen molar-refractivity contribution in [2.45, 2.75) is 51.1 Å². The van der Waals surface area contributed by atoms with Crippen LogP contribution in [0.1, 0.15) is 20.8 Å². The van der Waals surface area contributed by atoms with Gasteiger partial charge in [0.05, 0.1) is 30.6 Å². The summed E-state index contributed by atoms with van der Waals surface area (Å²) in [4.78, 5) is 15.4. The molecule has 8 heteroatoms. The molecule has 0 spiro atoms. The molecule has 1 amide bonds. The van der Waals surface area contributed by atoms with Gasteiger partial charge in [-0.1, -0.05) is 20.8 Å². The summed E-state index contributed by atoms with van der Waals surface area (Å²) in [6, 6.07) is 4.86. The highest BCUT2D eigenvalue weighted by molar-refractivity contribution is 6.74. The SMILES string of the molecule is CC(C)(C)[Si](C)(C)O[C@H]1[C@@H]2CN(c3ccc(N4C[C@H](CO)OC4=O)cc3F)C[C@@H]21. The second-order valence-electron chi connectivity index (χ2n) is 10.0. The van der Waals surface area contributed by atoms with Gasteiger partial charge in [-0.25, -0.2) is 9.18 Å². The number of fused-ring (bicyclic) bond motifs is 1. The summed E-state index contributed by atoms with van der Waals surface area (Å²) in [7, 11) is -1.78. The number of rotatable bonds is 5. The molecule has 0 bridgehead atoms. The van der Waals surface area contributed by atoms with Gasteiger partial charge in [-0.2, -0.15) is 0 Å². The Labute approximate surface area is 172 Å². The van der Waals surface area contributed by atoms with E-state index in [-0.39, 0.29) is 24.0 Å². The predicted molar refractivity (Wildman–Crippen MR) is 112 cm³/mol. The molecular weight excluding hydrogens is 391 g/mol. The fraction of sp³-hybridized carbons (Fsp3) is 0.667. The molecule has 1 aliphatic carbocycles. The highest BCUT2D eigenvalue weighted by atomic mass is 28.4. The normalized spacial score (nSPS) is 29.3. The number of carbonyl (C=O) groups excluding carboxylic acids is 1. The zero-order valence-corrected chi connectivity index (χ0v) is 18.8.